The first-order valence-corrected chi connectivity index (χ1v) is 15.7. The molecule has 4 saturated carbocycles. The normalized spacial score (nSPS) is 42.6. The molecule has 4 rings (SSSR count). The van der Waals surface area contributed by atoms with E-state index in [2.05, 4.69) is 27.7 Å². The summed E-state index contributed by atoms with van der Waals surface area (Å²) in [5.74, 6) is 6.77. The smallest absolute Gasteiger partial charge is 0.0466 e. The van der Waals surface area contributed by atoms with Crippen molar-refractivity contribution in [1.82, 2.24) is 0 Å². The van der Waals surface area contributed by atoms with Crippen molar-refractivity contribution in [2.24, 2.45) is 58.0 Å². The Bertz CT molecular complexity index is 620. The highest BCUT2D eigenvalue weighted by molar-refractivity contribution is 5.09. The summed E-state index contributed by atoms with van der Waals surface area (Å²) in [4.78, 5) is 0. The molecule has 0 aromatic rings. The summed E-state index contributed by atoms with van der Waals surface area (Å²) in [5.41, 5.74) is 7.18. The van der Waals surface area contributed by atoms with Crippen molar-refractivity contribution < 1.29 is 4.74 Å². The average Bonchev–Trinajstić information content (AvgIpc) is 3.18. The number of hydrogen-bond acceptors (Lipinski definition) is 2. The first-order valence-electron chi connectivity index (χ1n) is 15.7. The van der Waals surface area contributed by atoms with Gasteiger partial charge in [0.2, 0.25) is 0 Å². The van der Waals surface area contributed by atoms with E-state index in [1.165, 1.54) is 103 Å². The van der Waals surface area contributed by atoms with Crippen LogP contribution < -0.4 is 5.73 Å². The molecule has 0 spiro atoms. The third-order valence-electron chi connectivity index (χ3n) is 12.2. The van der Waals surface area contributed by atoms with Gasteiger partial charge in [-0.3, -0.25) is 0 Å². The second-order valence-electron chi connectivity index (χ2n) is 13.9. The topological polar surface area (TPSA) is 35.2 Å². The van der Waals surface area contributed by atoms with Crippen molar-refractivity contribution in [3.63, 3.8) is 0 Å². The van der Waals surface area contributed by atoms with Crippen LogP contribution in [-0.2, 0) is 4.74 Å². The number of ether oxygens (including phenoxy) is 1. The van der Waals surface area contributed by atoms with Crippen molar-refractivity contribution in [2.75, 3.05) is 19.8 Å². The summed E-state index contributed by atoms with van der Waals surface area (Å²) in [6.45, 7) is 13.2. The van der Waals surface area contributed by atoms with Gasteiger partial charge in [-0.15, -0.1) is 0 Å². The molecular formula is C32H59NO. The number of fused-ring (bicyclic) bond motifs is 5. The SMILES string of the molecule is CCCCCCOCCCC(C)C1CC[C@H]2[C@@H]3CCC4CC(CCN)CC[C@]4(C)[C@@H]3CC[C@]12C. The van der Waals surface area contributed by atoms with Crippen LogP contribution in [0.2, 0.25) is 0 Å². The standard InChI is InChI=1S/C32H59NO/c1-5-6-7-8-21-34-22-9-10-24(2)28-13-14-29-27-12-11-26-23-25(17-20-33)15-18-31(26,3)30(27)16-19-32(28,29)4/h24-30H,5-23,33H2,1-4H3/t24?,25?,26?,27-,28?,29-,30+,31-,32+/m0/s1. The van der Waals surface area contributed by atoms with Crippen molar-refractivity contribution in [3.05, 3.63) is 0 Å². The van der Waals surface area contributed by atoms with E-state index in [1.807, 2.05) is 0 Å². The van der Waals surface area contributed by atoms with Gasteiger partial charge in [-0.05, 0) is 142 Å². The van der Waals surface area contributed by atoms with Crippen LogP contribution in [0.15, 0.2) is 0 Å². The second kappa shape index (κ2) is 12.0. The Morgan fingerprint density at radius 3 is 2.41 bits per heavy atom. The molecule has 198 valence electrons. The van der Waals surface area contributed by atoms with E-state index in [1.54, 1.807) is 0 Å². The van der Waals surface area contributed by atoms with Crippen LogP contribution in [0.4, 0.5) is 0 Å². The largest absolute Gasteiger partial charge is 0.381 e. The van der Waals surface area contributed by atoms with Crippen LogP contribution in [0.25, 0.3) is 0 Å². The Morgan fingerprint density at radius 1 is 0.853 bits per heavy atom. The number of nitrogens with two attached hydrogens (primary N) is 1. The molecule has 0 aliphatic heterocycles. The van der Waals surface area contributed by atoms with Gasteiger partial charge in [0.05, 0.1) is 0 Å². The quantitative estimate of drug-likeness (QED) is 0.288. The minimum atomic E-state index is 0.613. The zero-order chi connectivity index (χ0) is 24.2. The minimum Gasteiger partial charge on any atom is -0.381 e. The molecule has 2 N–H and O–H groups in total. The molecule has 2 nitrogen and oxygen atoms in total. The molecule has 0 bridgehead atoms. The van der Waals surface area contributed by atoms with Gasteiger partial charge in [0.25, 0.3) is 0 Å². The van der Waals surface area contributed by atoms with Gasteiger partial charge in [-0.2, -0.15) is 0 Å². The summed E-state index contributed by atoms with van der Waals surface area (Å²) in [5, 5.41) is 0. The van der Waals surface area contributed by atoms with E-state index in [4.69, 9.17) is 10.5 Å². The Morgan fingerprint density at radius 2 is 1.62 bits per heavy atom. The third kappa shape index (κ3) is 5.44. The van der Waals surface area contributed by atoms with Crippen molar-refractivity contribution in [2.45, 2.75) is 130 Å². The second-order valence-corrected chi connectivity index (χ2v) is 13.9. The molecule has 0 heterocycles. The Hall–Kier alpha value is -0.0800. The molecule has 34 heavy (non-hydrogen) atoms. The molecule has 9 atom stereocenters. The van der Waals surface area contributed by atoms with Crippen molar-refractivity contribution >= 4 is 0 Å². The van der Waals surface area contributed by atoms with E-state index >= 15 is 0 Å². The fourth-order valence-corrected chi connectivity index (χ4v) is 10.3. The van der Waals surface area contributed by atoms with Gasteiger partial charge in [0, 0.05) is 13.2 Å². The minimum absolute atomic E-state index is 0.613. The Kier molecular flexibility index (Phi) is 9.50. The third-order valence-corrected chi connectivity index (χ3v) is 12.2. The van der Waals surface area contributed by atoms with Crippen LogP contribution in [-0.4, -0.2) is 19.8 Å². The van der Waals surface area contributed by atoms with Gasteiger partial charge in [0.1, 0.15) is 0 Å². The number of hydrogen-bond donors (Lipinski definition) is 1. The number of unbranched alkanes of at least 4 members (excludes halogenated alkanes) is 3. The van der Waals surface area contributed by atoms with Crippen molar-refractivity contribution in [3.8, 4) is 0 Å². The lowest BCUT2D eigenvalue weighted by molar-refractivity contribution is -0.121. The fraction of sp³-hybridized carbons (Fsp3) is 1.00. The van der Waals surface area contributed by atoms with E-state index < -0.39 is 0 Å². The highest BCUT2D eigenvalue weighted by Crippen LogP contribution is 2.68. The van der Waals surface area contributed by atoms with E-state index in [-0.39, 0.29) is 0 Å². The molecule has 0 saturated heterocycles. The lowest BCUT2D eigenvalue weighted by atomic mass is 9.44. The Labute approximate surface area is 212 Å². The maximum atomic E-state index is 5.97. The zero-order valence-electron chi connectivity index (χ0n) is 23.5. The molecule has 0 aromatic carbocycles. The predicted octanol–water partition coefficient (Wildman–Crippen LogP) is 8.62. The first-order chi connectivity index (χ1) is 16.4. The van der Waals surface area contributed by atoms with E-state index in [0.29, 0.717) is 10.8 Å². The highest BCUT2D eigenvalue weighted by atomic mass is 16.5. The van der Waals surface area contributed by atoms with Crippen LogP contribution in [0.5, 0.6) is 0 Å². The molecule has 2 heteroatoms. The fourth-order valence-electron chi connectivity index (χ4n) is 10.3. The molecule has 4 aliphatic carbocycles. The van der Waals surface area contributed by atoms with Gasteiger partial charge in [0.15, 0.2) is 0 Å². The van der Waals surface area contributed by atoms with E-state index in [0.717, 1.165) is 61.2 Å². The molecule has 0 amide bonds. The van der Waals surface area contributed by atoms with Crippen molar-refractivity contribution in [1.29, 1.82) is 0 Å². The van der Waals surface area contributed by atoms with Gasteiger partial charge in [-0.25, -0.2) is 0 Å². The maximum absolute atomic E-state index is 5.97. The Balaban J connectivity index is 1.29. The molecule has 0 aromatic heterocycles. The van der Waals surface area contributed by atoms with E-state index in [9.17, 15) is 0 Å². The van der Waals surface area contributed by atoms with Crippen LogP contribution in [0, 0.1) is 52.3 Å². The van der Waals surface area contributed by atoms with Gasteiger partial charge < -0.3 is 10.5 Å². The lowest BCUT2D eigenvalue weighted by Crippen LogP contribution is -2.53. The molecule has 4 fully saturated rings. The summed E-state index contributed by atoms with van der Waals surface area (Å²) < 4.78 is 5.97. The highest BCUT2D eigenvalue weighted by Gasteiger charge is 2.60. The molecular weight excluding hydrogens is 414 g/mol. The summed E-state index contributed by atoms with van der Waals surface area (Å²) in [6.07, 6.45) is 22.7. The van der Waals surface area contributed by atoms with Crippen LogP contribution in [0.3, 0.4) is 0 Å². The lowest BCUT2D eigenvalue weighted by Gasteiger charge is -2.61. The summed E-state index contributed by atoms with van der Waals surface area (Å²) >= 11 is 0. The number of rotatable bonds is 12. The average molecular weight is 474 g/mol. The molecule has 4 unspecified atom stereocenters. The molecule has 4 aliphatic rings. The first kappa shape index (κ1) is 27.0. The monoisotopic (exact) mass is 473 g/mol. The van der Waals surface area contributed by atoms with Crippen LogP contribution >= 0.6 is 0 Å². The summed E-state index contributed by atoms with van der Waals surface area (Å²) in [7, 11) is 0. The van der Waals surface area contributed by atoms with Gasteiger partial charge >= 0.3 is 0 Å². The van der Waals surface area contributed by atoms with Gasteiger partial charge in [-0.1, -0.05) is 47.0 Å². The predicted molar refractivity (Wildman–Crippen MR) is 146 cm³/mol. The summed E-state index contributed by atoms with van der Waals surface area (Å²) in [6, 6.07) is 0. The van der Waals surface area contributed by atoms with Crippen LogP contribution in [0.1, 0.15) is 130 Å². The maximum Gasteiger partial charge on any atom is 0.0466 e. The zero-order valence-corrected chi connectivity index (χ0v) is 23.5. The molecule has 0 radical (unpaired) electrons.